The number of fused-ring (bicyclic) bond motifs is 1. The Kier molecular flexibility index (Phi) is 1.90. The number of ether oxygens (including phenoxy) is 1. The summed E-state index contributed by atoms with van der Waals surface area (Å²) in [6.45, 7) is 7.87. The van der Waals surface area contributed by atoms with Crippen LogP contribution in [0, 0.1) is 5.92 Å². The van der Waals surface area contributed by atoms with Crippen LogP contribution in [0.25, 0.3) is 0 Å². The fourth-order valence-corrected chi connectivity index (χ4v) is 1.80. The molecule has 0 N–H and O–H groups in total. The van der Waals surface area contributed by atoms with Crippen LogP contribution in [0.3, 0.4) is 0 Å². The van der Waals surface area contributed by atoms with E-state index in [-0.39, 0.29) is 0 Å². The summed E-state index contributed by atoms with van der Waals surface area (Å²) in [7, 11) is 0. The Morgan fingerprint density at radius 1 is 1.45 bits per heavy atom. The molecule has 0 radical (unpaired) electrons. The second-order valence-corrected chi connectivity index (χ2v) is 3.99. The average molecular weight is 155 g/mol. The maximum atomic E-state index is 5.62. The van der Waals surface area contributed by atoms with Gasteiger partial charge in [0.05, 0.1) is 12.7 Å². The lowest BCUT2D eigenvalue weighted by molar-refractivity contribution is 0.107. The number of hydrogen-bond donors (Lipinski definition) is 0. The predicted octanol–water partition coefficient (Wildman–Crippen LogP) is 1.12. The zero-order valence-corrected chi connectivity index (χ0v) is 7.42. The van der Waals surface area contributed by atoms with E-state index in [9.17, 15) is 0 Å². The van der Waals surface area contributed by atoms with E-state index in [0.29, 0.717) is 12.1 Å². The lowest BCUT2D eigenvalue weighted by Gasteiger charge is -2.24. The molecule has 0 amide bonds. The Hall–Kier alpha value is -0.0800. The first kappa shape index (κ1) is 7.56. The van der Waals surface area contributed by atoms with Crippen LogP contribution < -0.4 is 0 Å². The van der Waals surface area contributed by atoms with Crippen molar-refractivity contribution in [1.29, 1.82) is 0 Å². The van der Waals surface area contributed by atoms with Crippen LogP contribution in [-0.4, -0.2) is 36.7 Å². The SMILES string of the molecule is CC(C)N1CCOC2CC2C1. The average Bonchev–Trinajstić information content (AvgIpc) is 2.59. The maximum absolute atomic E-state index is 5.62. The molecule has 2 atom stereocenters. The van der Waals surface area contributed by atoms with Crippen molar-refractivity contribution in [2.45, 2.75) is 32.4 Å². The first-order chi connectivity index (χ1) is 5.27. The number of rotatable bonds is 1. The van der Waals surface area contributed by atoms with Crippen molar-refractivity contribution in [2.24, 2.45) is 5.92 Å². The van der Waals surface area contributed by atoms with Gasteiger partial charge in [-0.15, -0.1) is 0 Å². The molecule has 2 rings (SSSR count). The molecule has 1 saturated carbocycles. The Balaban J connectivity index is 1.90. The monoisotopic (exact) mass is 155 g/mol. The summed E-state index contributed by atoms with van der Waals surface area (Å²) in [6, 6.07) is 0.693. The molecule has 1 aliphatic heterocycles. The van der Waals surface area contributed by atoms with Crippen LogP contribution in [0.5, 0.6) is 0 Å². The van der Waals surface area contributed by atoms with Crippen molar-refractivity contribution < 1.29 is 4.74 Å². The van der Waals surface area contributed by atoms with Crippen LogP contribution in [0.2, 0.25) is 0 Å². The Labute approximate surface area is 68.5 Å². The molecule has 0 aromatic heterocycles. The van der Waals surface area contributed by atoms with Crippen LogP contribution in [0.4, 0.5) is 0 Å². The molecule has 2 unspecified atom stereocenters. The Bertz CT molecular complexity index is 146. The molecule has 0 aromatic carbocycles. The van der Waals surface area contributed by atoms with Crippen molar-refractivity contribution in [2.75, 3.05) is 19.7 Å². The minimum atomic E-state index is 0.624. The van der Waals surface area contributed by atoms with Gasteiger partial charge in [-0.3, -0.25) is 4.90 Å². The summed E-state index contributed by atoms with van der Waals surface area (Å²) in [5.41, 5.74) is 0. The summed E-state index contributed by atoms with van der Waals surface area (Å²) in [5.74, 6) is 0.861. The third kappa shape index (κ3) is 1.57. The van der Waals surface area contributed by atoms with E-state index < -0.39 is 0 Å². The second-order valence-electron chi connectivity index (χ2n) is 3.99. The summed E-state index contributed by atoms with van der Waals surface area (Å²) < 4.78 is 5.62. The van der Waals surface area contributed by atoms with Gasteiger partial charge in [0.25, 0.3) is 0 Å². The molecule has 0 bridgehead atoms. The molecular weight excluding hydrogens is 138 g/mol. The largest absolute Gasteiger partial charge is 0.377 e. The zero-order chi connectivity index (χ0) is 7.84. The first-order valence-electron chi connectivity index (χ1n) is 4.63. The molecule has 1 aliphatic carbocycles. The molecule has 2 heteroatoms. The van der Waals surface area contributed by atoms with E-state index in [1.165, 1.54) is 13.0 Å². The van der Waals surface area contributed by atoms with Gasteiger partial charge in [-0.25, -0.2) is 0 Å². The lowest BCUT2D eigenvalue weighted by atomic mass is 10.3. The third-order valence-electron chi connectivity index (χ3n) is 2.77. The molecular formula is C9H17NO. The van der Waals surface area contributed by atoms with Crippen molar-refractivity contribution in [3.63, 3.8) is 0 Å². The highest BCUT2D eigenvalue weighted by atomic mass is 16.5. The molecule has 2 aliphatic rings. The number of nitrogens with zero attached hydrogens (tertiary/aromatic N) is 1. The van der Waals surface area contributed by atoms with E-state index in [4.69, 9.17) is 4.74 Å². The fraction of sp³-hybridized carbons (Fsp3) is 1.00. The van der Waals surface area contributed by atoms with E-state index >= 15 is 0 Å². The minimum Gasteiger partial charge on any atom is -0.377 e. The van der Waals surface area contributed by atoms with Gasteiger partial charge in [0.15, 0.2) is 0 Å². The van der Waals surface area contributed by atoms with Crippen molar-refractivity contribution >= 4 is 0 Å². The summed E-state index contributed by atoms with van der Waals surface area (Å²) in [5, 5.41) is 0. The summed E-state index contributed by atoms with van der Waals surface area (Å²) in [4.78, 5) is 2.53. The summed E-state index contributed by atoms with van der Waals surface area (Å²) in [6.07, 6.45) is 1.93. The number of hydrogen-bond acceptors (Lipinski definition) is 2. The van der Waals surface area contributed by atoms with Gasteiger partial charge in [0.2, 0.25) is 0 Å². The predicted molar refractivity (Wildman–Crippen MR) is 44.6 cm³/mol. The van der Waals surface area contributed by atoms with Gasteiger partial charge >= 0.3 is 0 Å². The summed E-state index contributed by atoms with van der Waals surface area (Å²) >= 11 is 0. The molecule has 2 nitrogen and oxygen atoms in total. The Morgan fingerprint density at radius 3 is 3.00 bits per heavy atom. The van der Waals surface area contributed by atoms with Crippen molar-refractivity contribution in [3.05, 3.63) is 0 Å². The molecule has 0 aromatic rings. The van der Waals surface area contributed by atoms with Crippen molar-refractivity contribution in [3.8, 4) is 0 Å². The smallest absolute Gasteiger partial charge is 0.0621 e. The standard InChI is InChI=1S/C9H17NO/c1-7(2)10-3-4-11-9-5-8(9)6-10/h7-9H,3-6H2,1-2H3. The van der Waals surface area contributed by atoms with Gasteiger partial charge < -0.3 is 4.74 Å². The minimum absolute atomic E-state index is 0.624. The second kappa shape index (κ2) is 2.76. The van der Waals surface area contributed by atoms with Crippen LogP contribution >= 0.6 is 0 Å². The quantitative estimate of drug-likeness (QED) is 0.562. The van der Waals surface area contributed by atoms with Gasteiger partial charge in [-0.2, -0.15) is 0 Å². The van der Waals surface area contributed by atoms with Crippen LogP contribution in [0.15, 0.2) is 0 Å². The van der Waals surface area contributed by atoms with Gasteiger partial charge in [-0.05, 0) is 20.3 Å². The van der Waals surface area contributed by atoms with E-state index in [0.717, 1.165) is 19.1 Å². The molecule has 0 spiro atoms. The maximum Gasteiger partial charge on any atom is 0.0621 e. The highest BCUT2D eigenvalue weighted by molar-refractivity contribution is 4.92. The fourth-order valence-electron chi connectivity index (χ4n) is 1.80. The first-order valence-corrected chi connectivity index (χ1v) is 4.63. The van der Waals surface area contributed by atoms with E-state index in [1.807, 2.05) is 0 Å². The van der Waals surface area contributed by atoms with Gasteiger partial charge in [0, 0.05) is 25.0 Å². The topological polar surface area (TPSA) is 12.5 Å². The molecule has 64 valence electrons. The Morgan fingerprint density at radius 2 is 2.27 bits per heavy atom. The van der Waals surface area contributed by atoms with E-state index in [1.54, 1.807) is 0 Å². The van der Waals surface area contributed by atoms with Crippen molar-refractivity contribution in [1.82, 2.24) is 4.90 Å². The van der Waals surface area contributed by atoms with Crippen LogP contribution in [0.1, 0.15) is 20.3 Å². The van der Waals surface area contributed by atoms with Crippen LogP contribution in [-0.2, 0) is 4.74 Å². The van der Waals surface area contributed by atoms with E-state index in [2.05, 4.69) is 18.7 Å². The molecule has 2 fully saturated rings. The van der Waals surface area contributed by atoms with Gasteiger partial charge in [0.1, 0.15) is 0 Å². The normalized spacial score (nSPS) is 38.5. The molecule has 1 saturated heterocycles. The molecule has 1 heterocycles. The zero-order valence-electron chi connectivity index (χ0n) is 7.42. The highest BCUT2D eigenvalue weighted by Crippen LogP contribution is 2.36. The third-order valence-corrected chi connectivity index (χ3v) is 2.77. The van der Waals surface area contributed by atoms with Gasteiger partial charge in [-0.1, -0.05) is 0 Å². The molecule has 11 heavy (non-hydrogen) atoms. The highest BCUT2D eigenvalue weighted by Gasteiger charge is 2.41. The lowest BCUT2D eigenvalue weighted by Crippen LogP contribution is -2.34.